The molecule has 4 aromatic rings. The first-order valence-corrected chi connectivity index (χ1v) is 9.40. The molecule has 0 aliphatic heterocycles. The first-order chi connectivity index (χ1) is 14.5. The second kappa shape index (κ2) is 8.22. The van der Waals surface area contributed by atoms with Gasteiger partial charge in [-0.3, -0.25) is 10.1 Å². The summed E-state index contributed by atoms with van der Waals surface area (Å²) in [5.74, 6) is 0.313. The third-order valence-corrected chi connectivity index (χ3v) is 4.56. The summed E-state index contributed by atoms with van der Waals surface area (Å²) in [4.78, 5) is 16.8. The first-order valence-electron chi connectivity index (χ1n) is 8.99. The van der Waals surface area contributed by atoms with Gasteiger partial charge in [0.2, 0.25) is 5.89 Å². The number of anilines is 1. The Kier molecular flexibility index (Phi) is 5.32. The van der Waals surface area contributed by atoms with E-state index in [1.807, 2.05) is 24.3 Å². The number of aromatic hydroxyl groups is 1. The molecule has 8 heteroatoms. The van der Waals surface area contributed by atoms with Gasteiger partial charge in [-0.25, -0.2) is 4.98 Å². The predicted molar refractivity (Wildman–Crippen MR) is 118 cm³/mol. The molecule has 3 aromatic carbocycles. The molecule has 0 atom stereocenters. The van der Waals surface area contributed by atoms with Crippen LogP contribution in [0.2, 0.25) is 0 Å². The minimum atomic E-state index is -0.405. The number of rotatable bonds is 4. The fourth-order valence-corrected chi connectivity index (χ4v) is 3.15. The monoisotopic (exact) mass is 419 g/mol. The highest BCUT2D eigenvalue weighted by molar-refractivity contribution is 7.80. The Labute approximate surface area is 177 Å². The van der Waals surface area contributed by atoms with Crippen molar-refractivity contribution in [3.8, 4) is 23.0 Å². The molecular formula is C22H17N3O4S. The maximum absolute atomic E-state index is 12.4. The number of para-hydroxylation sites is 3. The normalized spacial score (nSPS) is 10.6. The van der Waals surface area contributed by atoms with Gasteiger partial charge in [-0.2, -0.15) is 0 Å². The van der Waals surface area contributed by atoms with E-state index < -0.39 is 5.91 Å². The van der Waals surface area contributed by atoms with Crippen molar-refractivity contribution in [2.45, 2.75) is 0 Å². The van der Waals surface area contributed by atoms with E-state index in [2.05, 4.69) is 15.6 Å². The molecule has 0 spiro atoms. The molecule has 0 radical (unpaired) electrons. The molecular weight excluding hydrogens is 402 g/mol. The van der Waals surface area contributed by atoms with E-state index in [1.54, 1.807) is 36.4 Å². The van der Waals surface area contributed by atoms with Gasteiger partial charge in [0, 0.05) is 11.8 Å². The molecule has 4 rings (SSSR count). The standard InChI is InChI=1S/C22H17N3O4S/c1-28-18-8-4-2-6-15(18)20(27)25-22(30)23-13-10-11-14(17(26)12-13)21-24-16-7-3-5-9-19(16)29-21/h2-12,26H,1H3,(H2,23,25,27,30). The molecule has 0 saturated carbocycles. The van der Waals surface area contributed by atoms with Gasteiger partial charge in [-0.15, -0.1) is 0 Å². The number of thiocarbonyl (C=S) groups is 1. The minimum Gasteiger partial charge on any atom is -0.507 e. The Bertz CT molecular complexity index is 1220. The molecule has 3 N–H and O–H groups in total. The summed E-state index contributed by atoms with van der Waals surface area (Å²) in [6.45, 7) is 0. The van der Waals surface area contributed by atoms with E-state index in [0.29, 0.717) is 39.6 Å². The maximum atomic E-state index is 12.4. The minimum absolute atomic E-state index is 0.0367. The summed E-state index contributed by atoms with van der Waals surface area (Å²) >= 11 is 5.21. The number of oxazole rings is 1. The number of carbonyl (C=O) groups excluding carboxylic acids is 1. The maximum Gasteiger partial charge on any atom is 0.261 e. The molecule has 0 aliphatic carbocycles. The topological polar surface area (TPSA) is 96.6 Å². The quantitative estimate of drug-likeness (QED) is 0.424. The summed E-state index contributed by atoms with van der Waals surface area (Å²) < 4.78 is 10.9. The highest BCUT2D eigenvalue weighted by Crippen LogP contribution is 2.33. The van der Waals surface area contributed by atoms with Crippen molar-refractivity contribution >= 4 is 40.0 Å². The van der Waals surface area contributed by atoms with Crippen molar-refractivity contribution in [2.24, 2.45) is 0 Å². The average Bonchev–Trinajstić information content (AvgIpc) is 3.17. The Morgan fingerprint density at radius 1 is 1.10 bits per heavy atom. The van der Waals surface area contributed by atoms with Gasteiger partial charge in [-0.1, -0.05) is 24.3 Å². The van der Waals surface area contributed by atoms with Gasteiger partial charge in [0.1, 0.15) is 17.0 Å². The van der Waals surface area contributed by atoms with Crippen LogP contribution in [0.25, 0.3) is 22.6 Å². The lowest BCUT2D eigenvalue weighted by atomic mass is 10.2. The van der Waals surface area contributed by atoms with Crippen LogP contribution in [-0.4, -0.2) is 28.2 Å². The van der Waals surface area contributed by atoms with Crippen molar-refractivity contribution in [1.29, 1.82) is 0 Å². The lowest BCUT2D eigenvalue weighted by Crippen LogP contribution is -2.34. The average molecular weight is 419 g/mol. The zero-order valence-electron chi connectivity index (χ0n) is 15.9. The molecule has 1 aromatic heterocycles. The zero-order valence-corrected chi connectivity index (χ0v) is 16.7. The van der Waals surface area contributed by atoms with Crippen LogP contribution in [0.15, 0.2) is 71.1 Å². The van der Waals surface area contributed by atoms with Crippen molar-refractivity contribution < 1.29 is 19.1 Å². The highest BCUT2D eigenvalue weighted by Gasteiger charge is 2.15. The van der Waals surface area contributed by atoms with Crippen molar-refractivity contribution in [2.75, 3.05) is 12.4 Å². The largest absolute Gasteiger partial charge is 0.507 e. The van der Waals surface area contributed by atoms with Gasteiger partial charge < -0.3 is 19.6 Å². The van der Waals surface area contributed by atoms with E-state index in [4.69, 9.17) is 21.4 Å². The third-order valence-electron chi connectivity index (χ3n) is 4.36. The van der Waals surface area contributed by atoms with E-state index in [0.717, 1.165) is 0 Å². The van der Waals surface area contributed by atoms with Crippen LogP contribution in [0.3, 0.4) is 0 Å². The number of fused-ring (bicyclic) bond motifs is 1. The Hall–Kier alpha value is -3.91. The lowest BCUT2D eigenvalue weighted by Gasteiger charge is -2.12. The summed E-state index contributed by atoms with van der Waals surface area (Å²) in [7, 11) is 1.49. The molecule has 150 valence electrons. The highest BCUT2D eigenvalue weighted by atomic mass is 32.1. The van der Waals surface area contributed by atoms with Crippen LogP contribution in [0.5, 0.6) is 11.5 Å². The van der Waals surface area contributed by atoms with Crippen LogP contribution < -0.4 is 15.4 Å². The van der Waals surface area contributed by atoms with Gasteiger partial charge in [0.25, 0.3) is 5.91 Å². The molecule has 1 amide bonds. The molecule has 7 nitrogen and oxygen atoms in total. The van der Waals surface area contributed by atoms with E-state index in [1.165, 1.54) is 13.2 Å². The second-order valence-corrected chi connectivity index (χ2v) is 6.74. The van der Waals surface area contributed by atoms with Gasteiger partial charge in [-0.05, 0) is 48.6 Å². The van der Waals surface area contributed by atoms with E-state index in [-0.39, 0.29) is 10.9 Å². The van der Waals surface area contributed by atoms with E-state index >= 15 is 0 Å². The molecule has 0 aliphatic rings. The molecule has 0 unspecified atom stereocenters. The predicted octanol–water partition coefficient (Wildman–Crippen LogP) is 4.34. The number of nitrogens with one attached hydrogen (secondary N) is 2. The van der Waals surface area contributed by atoms with Gasteiger partial charge in [0.15, 0.2) is 10.7 Å². The van der Waals surface area contributed by atoms with E-state index in [9.17, 15) is 9.90 Å². The summed E-state index contributed by atoms with van der Waals surface area (Å²) in [5, 5.41) is 16.0. The van der Waals surface area contributed by atoms with Crippen LogP contribution in [-0.2, 0) is 0 Å². The van der Waals surface area contributed by atoms with Gasteiger partial charge in [0.05, 0.1) is 18.2 Å². The summed E-state index contributed by atoms with van der Waals surface area (Å²) in [6.07, 6.45) is 0. The molecule has 0 fully saturated rings. The van der Waals surface area contributed by atoms with Crippen LogP contribution in [0.4, 0.5) is 5.69 Å². The fourth-order valence-electron chi connectivity index (χ4n) is 2.94. The number of phenolic OH excluding ortho intramolecular Hbond substituents is 1. The van der Waals surface area contributed by atoms with Crippen molar-refractivity contribution in [1.82, 2.24) is 10.3 Å². The fraction of sp³-hybridized carbons (Fsp3) is 0.0455. The number of amides is 1. The van der Waals surface area contributed by atoms with Crippen molar-refractivity contribution in [3.05, 3.63) is 72.3 Å². The molecule has 0 saturated heterocycles. The number of benzene rings is 3. The number of hydrogen-bond acceptors (Lipinski definition) is 6. The number of methoxy groups -OCH3 is 1. The van der Waals surface area contributed by atoms with Crippen LogP contribution >= 0.6 is 12.2 Å². The van der Waals surface area contributed by atoms with Crippen molar-refractivity contribution in [3.63, 3.8) is 0 Å². The number of nitrogens with zero attached hydrogens (tertiary/aromatic N) is 1. The Balaban J connectivity index is 1.48. The number of carbonyl (C=O) groups is 1. The van der Waals surface area contributed by atoms with Crippen LogP contribution in [0.1, 0.15) is 10.4 Å². The Morgan fingerprint density at radius 2 is 1.87 bits per heavy atom. The van der Waals surface area contributed by atoms with Gasteiger partial charge >= 0.3 is 0 Å². The zero-order chi connectivity index (χ0) is 21.1. The number of aromatic nitrogens is 1. The molecule has 30 heavy (non-hydrogen) atoms. The third kappa shape index (κ3) is 3.94. The summed E-state index contributed by atoms with van der Waals surface area (Å²) in [5.41, 5.74) is 2.64. The number of hydrogen-bond donors (Lipinski definition) is 3. The smallest absolute Gasteiger partial charge is 0.261 e. The number of phenols is 1. The SMILES string of the molecule is COc1ccccc1C(=O)NC(=S)Nc1ccc(-c2nc3ccccc3o2)c(O)c1. The number of ether oxygens (including phenoxy) is 1. The summed E-state index contributed by atoms with van der Waals surface area (Å²) in [6, 6.07) is 19.0. The molecule has 0 bridgehead atoms. The second-order valence-electron chi connectivity index (χ2n) is 6.33. The first kappa shape index (κ1) is 19.4. The molecule has 1 heterocycles. The Morgan fingerprint density at radius 3 is 2.63 bits per heavy atom. The lowest BCUT2D eigenvalue weighted by molar-refractivity contribution is 0.0975. The van der Waals surface area contributed by atoms with Crippen LogP contribution in [0, 0.1) is 0 Å².